The van der Waals surface area contributed by atoms with Crippen molar-refractivity contribution >= 4 is 29.2 Å². The maximum absolute atomic E-state index is 5.89. The van der Waals surface area contributed by atoms with Crippen LogP contribution in [0, 0.1) is 0 Å². The molecule has 4 nitrogen and oxygen atoms in total. The summed E-state index contributed by atoms with van der Waals surface area (Å²) in [6.45, 7) is 2.15. The summed E-state index contributed by atoms with van der Waals surface area (Å²) in [5, 5.41) is 0.574. The highest BCUT2D eigenvalue weighted by Gasteiger charge is 2.14. The van der Waals surface area contributed by atoms with E-state index in [0.717, 1.165) is 23.5 Å². The first-order chi connectivity index (χ1) is 7.69. The number of aromatic nitrogens is 1. The maximum Gasteiger partial charge on any atom is 0.128 e. The summed E-state index contributed by atoms with van der Waals surface area (Å²) in [7, 11) is 0. The van der Waals surface area contributed by atoms with Gasteiger partial charge in [-0.3, -0.25) is 11.3 Å². The molecule has 5 N–H and O–H groups in total. The molecule has 0 spiro atoms. The SMILES string of the molecule is CCCSCC(NN)c1cc(Cl)cnc1N. The molecule has 1 aromatic heterocycles. The van der Waals surface area contributed by atoms with Crippen LogP contribution in [0.25, 0.3) is 0 Å². The first-order valence-corrected chi connectivity index (χ1v) is 6.67. The number of rotatable bonds is 6. The molecule has 0 fully saturated rings. The van der Waals surface area contributed by atoms with E-state index >= 15 is 0 Å². The first-order valence-electron chi connectivity index (χ1n) is 5.13. The Morgan fingerprint density at radius 1 is 1.62 bits per heavy atom. The van der Waals surface area contributed by atoms with Crippen LogP contribution in [0.4, 0.5) is 5.82 Å². The van der Waals surface area contributed by atoms with Gasteiger partial charge in [0.15, 0.2) is 0 Å². The number of thioether (sulfide) groups is 1. The van der Waals surface area contributed by atoms with Crippen LogP contribution >= 0.6 is 23.4 Å². The number of halogens is 1. The molecule has 6 heteroatoms. The summed E-state index contributed by atoms with van der Waals surface area (Å²) >= 11 is 7.71. The van der Waals surface area contributed by atoms with Gasteiger partial charge in [0.2, 0.25) is 0 Å². The third kappa shape index (κ3) is 3.83. The zero-order chi connectivity index (χ0) is 12.0. The van der Waals surface area contributed by atoms with Crippen LogP contribution < -0.4 is 17.0 Å². The van der Waals surface area contributed by atoms with Crippen molar-refractivity contribution in [3.63, 3.8) is 0 Å². The average Bonchev–Trinajstić information content (AvgIpc) is 2.28. The molecule has 0 aliphatic rings. The summed E-state index contributed by atoms with van der Waals surface area (Å²) in [5.74, 6) is 7.95. The monoisotopic (exact) mass is 260 g/mol. The molecule has 0 aliphatic carbocycles. The van der Waals surface area contributed by atoms with Gasteiger partial charge in [0, 0.05) is 17.5 Å². The van der Waals surface area contributed by atoms with Crippen molar-refractivity contribution in [2.75, 3.05) is 17.2 Å². The molecular weight excluding hydrogens is 244 g/mol. The van der Waals surface area contributed by atoms with Gasteiger partial charge in [-0.1, -0.05) is 18.5 Å². The predicted octanol–water partition coefficient (Wildman–Crippen LogP) is 1.96. The highest BCUT2D eigenvalue weighted by Crippen LogP contribution is 2.24. The molecule has 16 heavy (non-hydrogen) atoms. The van der Waals surface area contributed by atoms with E-state index in [1.807, 2.05) is 11.8 Å². The van der Waals surface area contributed by atoms with Crippen LogP contribution in [-0.4, -0.2) is 16.5 Å². The summed E-state index contributed by atoms with van der Waals surface area (Å²) in [5.41, 5.74) is 9.40. The molecule has 0 aliphatic heterocycles. The topological polar surface area (TPSA) is 77.0 Å². The van der Waals surface area contributed by atoms with Gasteiger partial charge in [0.1, 0.15) is 5.82 Å². The van der Waals surface area contributed by atoms with Crippen LogP contribution in [0.15, 0.2) is 12.3 Å². The number of nitrogens with two attached hydrogens (primary N) is 2. The predicted molar refractivity (Wildman–Crippen MR) is 71.3 cm³/mol. The van der Waals surface area contributed by atoms with Crippen LogP contribution in [0.3, 0.4) is 0 Å². The van der Waals surface area contributed by atoms with Gasteiger partial charge >= 0.3 is 0 Å². The van der Waals surface area contributed by atoms with Crippen molar-refractivity contribution in [2.24, 2.45) is 5.84 Å². The number of hydrazine groups is 1. The van der Waals surface area contributed by atoms with Crippen LogP contribution in [0.2, 0.25) is 5.02 Å². The summed E-state index contributed by atoms with van der Waals surface area (Å²) in [6.07, 6.45) is 2.68. The number of nitrogen functional groups attached to an aromatic ring is 1. The van der Waals surface area contributed by atoms with Gasteiger partial charge in [-0.2, -0.15) is 11.8 Å². The van der Waals surface area contributed by atoms with E-state index in [9.17, 15) is 0 Å². The Labute approximate surface area is 105 Å². The standard InChI is InChI=1S/C10H17ClN4S/c1-2-3-16-6-9(15-13)8-4-7(11)5-14-10(8)12/h4-5,9,15H,2-3,6,13H2,1H3,(H2,12,14). The fourth-order valence-electron chi connectivity index (χ4n) is 1.32. The largest absolute Gasteiger partial charge is 0.383 e. The fourth-order valence-corrected chi connectivity index (χ4v) is 2.45. The molecule has 1 heterocycles. The minimum atomic E-state index is -0.0113. The molecular formula is C10H17ClN4S. The Bertz CT molecular complexity index is 335. The minimum absolute atomic E-state index is 0.0113. The summed E-state index contributed by atoms with van der Waals surface area (Å²) < 4.78 is 0. The Morgan fingerprint density at radius 3 is 3.00 bits per heavy atom. The van der Waals surface area contributed by atoms with Crippen molar-refractivity contribution in [2.45, 2.75) is 19.4 Å². The number of pyridine rings is 1. The molecule has 0 amide bonds. The molecule has 1 rings (SSSR count). The summed E-state index contributed by atoms with van der Waals surface area (Å²) in [6, 6.07) is 1.80. The fraction of sp³-hybridized carbons (Fsp3) is 0.500. The molecule has 0 bridgehead atoms. The Hall–Kier alpha value is -0.490. The number of hydrogen-bond acceptors (Lipinski definition) is 5. The first kappa shape index (κ1) is 13.6. The van der Waals surface area contributed by atoms with Gasteiger partial charge < -0.3 is 5.73 Å². The van der Waals surface area contributed by atoms with E-state index in [-0.39, 0.29) is 6.04 Å². The van der Waals surface area contributed by atoms with Crippen molar-refractivity contribution in [3.8, 4) is 0 Å². The molecule has 0 saturated heterocycles. The second-order valence-corrected chi connectivity index (χ2v) is 5.01. The normalized spacial score (nSPS) is 12.7. The van der Waals surface area contributed by atoms with Gasteiger partial charge in [-0.15, -0.1) is 0 Å². The third-order valence-electron chi connectivity index (χ3n) is 2.13. The number of anilines is 1. The summed E-state index contributed by atoms with van der Waals surface area (Å²) in [4.78, 5) is 4.02. The van der Waals surface area contributed by atoms with E-state index < -0.39 is 0 Å². The Morgan fingerprint density at radius 2 is 2.38 bits per heavy atom. The van der Waals surface area contributed by atoms with E-state index in [4.69, 9.17) is 23.2 Å². The smallest absolute Gasteiger partial charge is 0.128 e. The zero-order valence-corrected chi connectivity index (χ0v) is 10.8. The second-order valence-electron chi connectivity index (χ2n) is 3.42. The lowest BCUT2D eigenvalue weighted by Crippen LogP contribution is -2.30. The zero-order valence-electron chi connectivity index (χ0n) is 9.24. The highest BCUT2D eigenvalue weighted by atomic mass is 35.5. The lowest BCUT2D eigenvalue weighted by Gasteiger charge is -2.17. The van der Waals surface area contributed by atoms with Crippen molar-refractivity contribution in [1.29, 1.82) is 0 Å². The minimum Gasteiger partial charge on any atom is -0.383 e. The average molecular weight is 261 g/mol. The molecule has 0 aromatic carbocycles. The number of nitrogens with zero attached hydrogens (tertiary/aromatic N) is 1. The lowest BCUT2D eigenvalue weighted by atomic mass is 10.1. The molecule has 1 unspecified atom stereocenters. The third-order valence-corrected chi connectivity index (χ3v) is 3.60. The molecule has 1 aromatic rings. The Balaban J connectivity index is 2.73. The maximum atomic E-state index is 5.89. The molecule has 1 atom stereocenters. The number of nitrogens with one attached hydrogen (secondary N) is 1. The van der Waals surface area contributed by atoms with E-state index in [1.54, 1.807) is 6.07 Å². The van der Waals surface area contributed by atoms with Gasteiger partial charge in [0.25, 0.3) is 0 Å². The molecule has 90 valence electrons. The van der Waals surface area contributed by atoms with Gasteiger partial charge in [-0.25, -0.2) is 4.98 Å². The van der Waals surface area contributed by atoms with Crippen molar-refractivity contribution in [3.05, 3.63) is 22.8 Å². The van der Waals surface area contributed by atoms with E-state index in [2.05, 4.69) is 17.3 Å². The van der Waals surface area contributed by atoms with Gasteiger partial charge in [0.05, 0.1) is 11.1 Å². The Kier molecular flexibility index (Phi) is 5.90. The van der Waals surface area contributed by atoms with Crippen molar-refractivity contribution < 1.29 is 0 Å². The van der Waals surface area contributed by atoms with Crippen LogP contribution in [-0.2, 0) is 0 Å². The number of hydrogen-bond donors (Lipinski definition) is 3. The quantitative estimate of drug-likeness (QED) is 0.414. The van der Waals surface area contributed by atoms with Crippen LogP contribution in [0.1, 0.15) is 24.9 Å². The van der Waals surface area contributed by atoms with Crippen LogP contribution in [0.5, 0.6) is 0 Å². The second kappa shape index (κ2) is 6.96. The van der Waals surface area contributed by atoms with Gasteiger partial charge in [-0.05, 0) is 18.2 Å². The van der Waals surface area contributed by atoms with E-state index in [1.165, 1.54) is 6.20 Å². The highest BCUT2D eigenvalue weighted by molar-refractivity contribution is 7.99. The van der Waals surface area contributed by atoms with E-state index in [0.29, 0.717) is 10.8 Å². The lowest BCUT2D eigenvalue weighted by molar-refractivity contribution is 0.610. The molecule has 0 saturated carbocycles. The van der Waals surface area contributed by atoms with Crippen molar-refractivity contribution in [1.82, 2.24) is 10.4 Å². The molecule has 0 radical (unpaired) electrons.